The van der Waals surface area contributed by atoms with E-state index in [-0.39, 0.29) is 11.5 Å². The highest BCUT2D eigenvalue weighted by atomic mass is 16.5. The first-order valence-corrected chi connectivity index (χ1v) is 6.49. The van der Waals surface area contributed by atoms with Gasteiger partial charge in [0.25, 0.3) is 0 Å². The van der Waals surface area contributed by atoms with Crippen molar-refractivity contribution in [2.45, 2.75) is 18.8 Å². The predicted molar refractivity (Wildman–Crippen MR) is 69.5 cm³/mol. The molecule has 1 saturated heterocycles. The zero-order valence-corrected chi connectivity index (χ0v) is 10.8. The van der Waals surface area contributed by atoms with Crippen LogP contribution in [-0.2, 0) is 4.74 Å². The van der Waals surface area contributed by atoms with E-state index >= 15 is 0 Å². The van der Waals surface area contributed by atoms with Crippen molar-refractivity contribution in [3.05, 3.63) is 35.7 Å². The molecule has 1 aromatic heterocycles. The van der Waals surface area contributed by atoms with Crippen LogP contribution < -0.4 is 0 Å². The molecule has 1 aliphatic rings. The van der Waals surface area contributed by atoms with Crippen LogP contribution in [0.2, 0.25) is 0 Å². The maximum absolute atomic E-state index is 10.8. The Kier molecular flexibility index (Phi) is 3.47. The third-order valence-corrected chi connectivity index (χ3v) is 3.34. The molecule has 0 radical (unpaired) electrons. The van der Waals surface area contributed by atoms with E-state index in [2.05, 4.69) is 10.1 Å². The normalized spacial score (nSPS) is 18.9. The van der Waals surface area contributed by atoms with Gasteiger partial charge in [0.1, 0.15) is 0 Å². The second kappa shape index (κ2) is 5.42. The molecule has 104 valence electrons. The van der Waals surface area contributed by atoms with Gasteiger partial charge in [0.2, 0.25) is 11.7 Å². The summed E-state index contributed by atoms with van der Waals surface area (Å²) in [5.74, 6) is 0.262. The van der Waals surface area contributed by atoms with Crippen molar-refractivity contribution in [3.63, 3.8) is 0 Å². The molecule has 1 N–H and O–H groups in total. The van der Waals surface area contributed by atoms with Crippen molar-refractivity contribution in [3.8, 4) is 11.4 Å². The summed E-state index contributed by atoms with van der Waals surface area (Å²) in [7, 11) is 0. The minimum absolute atomic E-state index is 0.156. The Morgan fingerprint density at radius 1 is 1.30 bits per heavy atom. The molecule has 6 heteroatoms. The van der Waals surface area contributed by atoms with Gasteiger partial charge in [-0.15, -0.1) is 0 Å². The first kappa shape index (κ1) is 12.8. The minimum atomic E-state index is -0.954. The van der Waals surface area contributed by atoms with E-state index < -0.39 is 5.97 Å². The zero-order valence-electron chi connectivity index (χ0n) is 10.8. The fourth-order valence-electron chi connectivity index (χ4n) is 2.22. The Morgan fingerprint density at radius 2 is 2.10 bits per heavy atom. The van der Waals surface area contributed by atoms with Gasteiger partial charge in [0.15, 0.2) is 0 Å². The van der Waals surface area contributed by atoms with Crippen molar-refractivity contribution in [2.24, 2.45) is 0 Å². The third kappa shape index (κ3) is 2.55. The van der Waals surface area contributed by atoms with E-state index in [4.69, 9.17) is 14.4 Å². The lowest BCUT2D eigenvalue weighted by atomic mass is 10.0. The van der Waals surface area contributed by atoms with E-state index in [0.29, 0.717) is 18.3 Å². The molecule has 6 nitrogen and oxygen atoms in total. The lowest BCUT2D eigenvalue weighted by Gasteiger charge is -2.17. The number of carboxylic acids is 1. The zero-order chi connectivity index (χ0) is 13.9. The number of aromatic nitrogens is 2. The van der Waals surface area contributed by atoms with Gasteiger partial charge in [0.05, 0.1) is 18.1 Å². The second-order valence-electron chi connectivity index (χ2n) is 4.75. The summed E-state index contributed by atoms with van der Waals surface area (Å²) in [5, 5.41) is 12.8. The number of rotatable bonds is 3. The first-order valence-electron chi connectivity index (χ1n) is 6.49. The summed E-state index contributed by atoms with van der Waals surface area (Å²) in [6, 6.07) is 6.40. The topological polar surface area (TPSA) is 85.5 Å². The maximum Gasteiger partial charge on any atom is 0.335 e. The molecule has 0 amide bonds. The van der Waals surface area contributed by atoms with E-state index in [1.807, 2.05) is 0 Å². The Labute approximate surface area is 115 Å². The number of aromatic carboxylic acids is 1. The van der Waals surface area contributed by atoms with Crippen LogP contribution in [0.15, 0.2) is 28.8 Å². The molecule has 2 aromatic rings. The number of benzene rings is 1. The van der Waals surface area contributed by atoms with Crippen molar-refractivity contribution in [2.75, 3.05) is 13.2 Å². The summed E-state index contributed by atoms with van der Waals surface area (Å²) < 4.78 is 10.7. The Morgan fingerprint density at radius 3 is 2.75 bits per heavy atom. The van der Waals surface area contributed by atoms with Crippen LogP contribution in [0.25, 0.3) is 11.4 Å². The monoisotopic (exact) mass is 274 g/mol. The standard InChI is InChI=1S/C14H14N2O4/c17-14(18)10-5-3-9(4-6-10)12-15-13(20-16-12)11-2-1-7-19-8-11/h3-6,11H,1-2,7-8H2,(H,17,18). The second-order valence-corrected chi connectivity index (χ2v) is 4.75. The van der Waals surface area contributed by atoms with E-state index in [0.717, 1.165) is 25.0 Å². The van der Waals surface area contributed by atoms with Crippen LogP contribution in [0.3, 0.4) is 0 Å². The third-order valence-electron chi connectivity index (χ3n) is 3.34. The highest BCUT2D eigenvalue weighted by Gasteiger charge is 2.22. The molecule has 2 heterocycles. The molecule has 3 rings (SSSR count). The fraction of sp³-hybridized carbons (Fsp3) is 0.357. The highest BCUT2D eigenvalue weighted by Crippen LogP contribution is 2.26. The van der Waals surface area contributed by atoms with Crippen LogP contribution >= 0.6 is 0 Å². The van der Waals surface area contributed by atoms with Crippen LogP contribution in [0.1, 0.15) is 35.0 Å². The van der Waals surface area contributed by atoms with Gasteiger partial charge in [0, 0.05) is 12.2 Å². The summed E-state index contributed by atoms with van der Waals surface area (Å²) in [6.45, 7) is 1.40. The molecule has 0 spiro atoms. The summed E-state index contributed by atoms with van der Waals surface area (Å²) in [6.07, 6.45) is 1.98. The number of ether oxygens (including phenoxy) is 1. The highest BCUT2D eigenvalue weighted by molar-refractivity contribution is 5.88. The number of nitrogens with zero attached hydrogens (tertiary/aromatic N) is 2. The molecular weight excluding hydrogens is 260 g/mol. The van der Waals surface area contributed by atoms with Crippen LogP contribution in [0.5, 0.6) is 0 Å². The van der Waals surface area contributed by atoms with Crippen LogP contribution in [0, 0.1) is 0 Å². The quantitative estimate of drug-likeness (QED) is 0.924. The molecule has 20 heavy (non-hydrogen) atoms. The smallest absolute Gasteiger partial charge is 0.335 e. The number of carboxylic acid groups (broad SMARTS) is 1. The number of carbonyl (C=O) groups is 1. The summed E-state index contributed by atoms with van der Waals surface area (Å²) in [5.41, 5.74) is 0.972. The van der Waals surface area contributed by atoms with E-state index in [1.54, 1.807) is 12.1 Å². The summed E-state index contributed by atoms with van der Waals surface area (Å²) in [4.78, 5) is 15.2. The average Bonchev–Trinajstić information content (AvgIpc) is 2.98. The first-order chi connectivity index (χ1) is 9.74. The molecule has 1 fully saturated rings. The van der Waals surface area contributed by atoms with Gasteiger partial charge < -0.3 is 14.4 Å². The van der Waals surface area contributed by atoms with Gasteiger partial charge in [-0.05, 0) is 25.0 Å². The Balaban J connectivity index is 1.80. The van der Waals surface area contributed by atoms with Gasteiger partial charge in [-0.25, -0.2) is 4.79 Å². The van der Waals surface area contributed by atoms with Crippen molar-refractivity contribution in [1.82, 2.24) is 10.1 Å². The average molecular weight is 274 g/mol. The lowest BCUT2D eigenvalue weighted by molar-refractivity contribution is 0.0696. The molecule has 1 atom stereocenters. The van der Waals surface area contributed by atoms with Crippen LogP contribution in [-0.4, -0.2) is 34.4 Å². The number of hydrogen-bond acceptors (Lipinski definition) is 5. The van der Waals surface area contributed by atoms with Crippen molar-refractivity contribution >= 4 is 5.97 Å². The molecule has 1 aliphatic heterocycles. The van der Waals surface area contributed by atoms with Crippen LogP contribution in [0.4, 0.5) is 0 Å². The van der Waals surface area contributed by atoms with Gasteiger partial charge in [-0.3, -0.25) is 0 Å². The molecule has 1 aromatic carbocycles. The molecule has 0 bridgehead atoms. The van der Waals surface area contributed by atoms with E-state index in [9.17, 15) is 4.79 Å². The van der Waals surface area contributed by atoms with Gasteiger partial charge >= 0.3 is 5.97 Å². The summed E-state index contributed by atoms with van der Waals surface area (Å²) >= 11 is 0. The largest absolute Gasteiger partial charge is 0.478 e. The van der Waals surface area contributed by atoms with Crippen molar-refractivity contribution in [1.29, 1.82) is 0 Å². The fourth-order valence-corrected chi connectivity index (χ4v) is 2.22. The lowest BCUT2D eigenvalue weighted by Crippen LogP contribution is -2.15. The minimum Gasteiger partial charge on any atom is -0.478 e. The number of hydrogen-bond donors (Lipinski definition) is 1. The Bertz CT molecular complexity index is 600. The Hall–Kier alpha value is -2.21. The maximum atomic E-state index is 10.8. The van der Waals surface area contributed by atoms with E-state index in [1.165, 1.54) is 12.1 Å². The van der Waals surface area contributed by atoms with Crippen molar-refractivity contribution < 1.29 is 19.2 Å². The predicted octanol–water partition coefficient (Wildman–Crippen LogP) is 2.33. The molecular formula is C14H14N2O4. The SMILES string of the molecule is O=C(O)c1ccc(-c2noc(C3CCCOC3)n2)cc1. The molecule has 1 unspecified atom stereocenters. The van der Waals surface area contributed by atoms with Gasteiger partial charge in [-0.2, -0.15) is 4.98 Å². The molecule has 0 saturated carbocycles. The molecule has 0 aliphatic carbocycles. The van der Waals surface area contributed by atoms with Gasteiger partial charge in [-0.1, -0.05) is 17.3 Å².